The fourth-order valence-electron chi connectivity index (χ4n) is 3.27. The Morgan fingerprint density at radius 2 is 1.85 bits per heavy atom. The number of hydrogen-bond donors (Lipinski definition) is 1. The van der Waals surface area contributed by atoms with E-state index < -0.39 is 5.97 Å². The summed E-state index contributed by atoms with van der Waals surface area (Å²) >= 11 is 0. The van der Waals surface area contributed by atoms with Gasteiger partial charge in [-0.25, -0.2) is 4.79 Å². The van der Waals surface area contributed by atoms with E-state index in [1.807, 2.05) is 18.2 Å². The third-order valence-corrected chi connectivity index (χ3v) is 4.95. The maximum Gasteiger partial charge on any atom is 0.335 e. The predicted octanol–water partition coefficient (Wildman–Crippen LogP) is 6.91. The van der Waals surface area contributed by atoms with Crippen LogP contribution in [0.25, 0.3) is 0 Å². The highest BCUT2D eigenvalue weighted by Gasteiger charge is 2.36. The molecule has 1 N–H and O–H groups in total. The van der Waals surface area contributed by atoms with E-state index in [1.165, 1.54) is 44.9 Å². The van der Waals surface area contributed by atoms with Crippen LogP contribution in [0.5, 0.6) is 0 Å². The van der Waals surface area contributed by atoms with Crippen molar-refractivity contribution < 1.29 is 9.90 Å². The topological polar surface area (TPSA) is 37.3 Å². The first-order chi connectivity index (χ1) is 12.7. The number of carbonyl (C=O) groups is 1. The van der Waals surface area contributed by atoms with Crippen molar-refractivity contribution in [3.05, 3.63) is 71.8 Å². The van der Waals surface area contributed by atoms with E-state index in [0.717, 1.165) is 12.0 Å². The van der Waals surface area contributed by atoms with E-state index in [-0.39, 0.29) is 0 Å². The van der Waals surface area contributed by atoms with Gasteiger partial charge >= 0.3 is 5.97 Å². The summed E-state index contributed by atoms with van der Waals surface area (Å²) in [5.41, 5.74) is 1.52. The highest BCUT2D eigenvalue weighted by atomic mass is 16.4. The van der Waals surface area contributed by atoms with Crippen LogP contribution in [0.4, 0.5) is 0 Å². The zero-order chi connectivity index (χ0) is 18.6. The summed E-state index contributed by atoms with van der Waals surface area (Å²) in [6, 6.07) is 7.33. The van der Waals surface area contributed by atoms with Gasteiger partial charge in [0.1, 0.15) is 0 Å². The zero-order valence-electron chi connectivity index (χ0n) is 15.9. The van der Waals surface area contributed by atoms with Crippen LogP contribution in [0, 0.1) is 5.92 Å². The summed E-state index contributed by atoms with van der Waals surface area (Å²) in [4.78, 5) is 11.0. The first-order valence-corrected chi connectivity index (χ1v) is 10.1. The first-order valence-electron chi connectivity index (χ1n) is 10.1. The fourth-order valence-corrected chi connectivity index (χ4v) is 3.27. The Labute approximate surface area is 158 Å². The standard InChI is InChI=1S/C24H32O2/c1-2-3-4-5-6-7-8-9-10-11-12-13-15-21-19-23(21)20-16-14-17-22(18-20)24(25)26/h9-18,21,23H,2-8,19H2,1H3,(H,25,26). The summed E-state index contributed by atoms with van der Waals surface area (Å²) in [7, 11) is 0. The molecule has 2 rings (SSSR count). The van der Waals surface area contributed by atoms with Crippen LogP contribution in [-0.2, 0) is 0 Å². The quantitative estimate of drug-likeness (QED) is 0.328. The van der Waals surface area contributed by atoms with Gasteiger partial charge in [0.25, 0.3) is 0 Å². The molecule has 0 aromatic heterocycles. The molecule has 2 unspecified atom stereocenters. The van der Waals surface area contributed by atoms with Crippen molar-refractivity contribution in [2.24, 2.45) is 5.92 Å². The molecule has 0 aliphatic heterocycles. The second-order valence-electron chi connectivity index (χ2n) is 7.19. The van der Waals surface area contributed by atoms with Gasteiger partial charge in [-0.1, -0.05) is 87.6 Å². The maximum atomic E-state index is 11.0. The number of aromatic carboxylic acids is 1. The Kier molecular flexibility index (Phi) is 8.95. The van der Waals surface area contributed by atoms with Crippen LogP contribution in [0.15, 0.2) is 60.7 Å². The van der Waals surface area contributed by atoms with Crippen LogP contribution >= 0.6 is 0 Å². The van der Waals surface area contributed by atoms with Crippen LogP contribution in [0.3, 0.4) is 0 Å². The molecule has 1 aromatic carbocycles. The maximum absolute atomic E-state index is 11.0. The average Bonchev–Trinajstić information content (AvgIpc) is 3.42. The largest absolute Gasteiger partial charge is 0.478 e. The third kappa shape index (κ3) is 7.43. The van der Waals surface area contributed by atoms with E-state index in [9.17, 15) is 4.79 Å². The molecule has 26 heavy (non-hydrogen) atoms. The Hall–Kier alpha value is -2.09. The van der Waals surface area contributed by atoms with E-state index in [0.29, 0.717) is 17.4 Å². The molecule has 1 aliphatic rings. The summed E-state index contributed by atoms with van der Waals surface area (Å²) in [6.45, 7) is 2.25. The van der Waals surface area contributed by atoms with E-state index >= 15 is 0 Å². The highest BCUT2D eigenvalue weighted by Crippen LogP contribution is 2.48. The van der Waals surface area contributed by atoms with Crippen LogP contribution < -0.4 is 0 Å². The molecule has 2 heteroatoms. The molecule has 0 radical (unpaired) electrons. The number of rotatable bonds is 12. The lowest BCUT2D eigenvalue weighted by molar-refractivity contribution is 0.0696. The van der Waals surface area contributed by atoms with Gasteiger partial charge in [-0.05, 0) is 48.8 Å². The van der Waals surface area contributed by atoms with E-state index in [2.05, 4.69) is 43.4 Å². The monoisotopic (exact) mass is 352 g/mol. The summed E-state index contributed by atoms with van der Waals surface area (Å²) in [6.07, 6.45) is 23.3. The molecule has 0 spiro atoms. The molecule has 0 saturated heterocycles. The molecule has 0 heterocycles. The normalized spacial score (nSPS) is 19.7. The summed E-state index contributed by atoms with van der Waals surface area (Å²) in [5.74, 6) is 0.160. The number of carboxylic acids is 1. The van der Waals surface area contributed by atoms with Crippen molar-refractivity contribution in [2.45, 2.75) is 64.2 Å². The Morgan fingerprint density at radius 3 is 2.65 bits per heavy atom. The smallest absolute Gasteiger partial charge is 0.335 e. The fraction of sp³-hybridized carbons (Fsp3) is 0.458. The van der Waals surface area contributed by atoms with Crippen molar-refractivity contribution in [2.75, 3.05) is 0 Å². The van der Waals surface area contributed by atoms with Gasteiger partial charge in [-0.3, -0.25) is 0 Å². The van der Waals surface area contributed by atoms with Crippen molar-refractivity contribution >= 4 is 5.97 Å². The second kappa shape index (κ2) is 11.5. The minimum Gasteiger partial charge on any atom is -0.478 e. The molecule has 0 amide bonds. The molecule has 0 bridgehead atoms. The van der Waals surface area contributed by atoms with Crippen LogP contribution in [-0.4, -0.2) is 11.1 Å². The van der Waals surface area contributed by atoms with Crippen molar-refractivity contribution in [1.29, 1.82) is 0 Å². The first kappa shape index (κ1) is 20.2. The number of allylic oxidation sites excluding steroid dienone is 6. The zero-order valence-corrected chi connectivity index (χ0v) is 15.9. The van der Waals surface area contributed by atoms with Gasteiger partial charge in [0.2, 0.25) is 0 Å². The number of carboxylic acid groups (broad SMARTS) is 1. The average molecular weight is 353 g/mol. The molecular formula is C24H32O2. The van der Waals surface area contributed by atoms with Gasteiger partial charge in [-0.15, -0.1) is 0 Å². The number of hydrogen-bond acceptors (Lipinski definition) is 1. The Balaban J connectivity index is 1.61. The molecule has 1 saturated carbocycles. The summed E-state index contributed by atoms with van der Waals surface area (Å²) < 4.78 is 0. The summed E-state index contributed by atoms with van der Waals surface area (Å²) in [5, 5.41) is 9.07. The van der Waals surface area contributed by atoms with E-state index in [1.54, 1.807) is 6.07 Å². The number of unbranched alkanes of at least 4 members (excludes halogenated alkanes) is 6. The molecule has 1 fully saturated rings. The highest BCUT2D eigenvalue weighted by molar-refractivity contribution is 5.87. The molecule has 1 aromatic rings. The SMILES string of the molecule is CCCCCCCCC=CC=CC=CC1CC1c1cccc(C(=O)O)c1. The van der Waals surface area contributed by atoms with Crippen molar-refractivity contribution in [3.8, 4) is 0 Å². The third-order valence-electron chi connectivity index (χ3n) is 4.95. The molecule has 1 aliphatic carbocycles. The van der Waals surface area contributed by atoms with Crippen LogP contribution in [0.2, 0.25) is 0 Å². The van der Waals surface area contributed by atoms with Gasteiger partial charge in [-0.2, -0.15) is 0 Å². The minimum atomic E-state index is -0.852. The molecule has 140 valence electrons. The lowest BCUT2D eigenvalue weighted by atomic mass is 10.1. The lowest BCUT2D eigenvalue weighted by Crippen LogP contribution is -1.96. The second-order valence-corrected chi connectivity index (χ2v) is 7.19. The molecule has 2 atom stereocenters. The molecule has 2 nitrogen and oxygen atoms in total. The minimum absolute atomic E-state index is 0.382. The van der Waals surface area contributed by atoms with Gasteiger partial charge in [0.15, 0.2) is 0 Å². The van der Waals surface area contributed by atoms with E-state index in [4.69, 9.17) is 5.11 Å². The van der Waals surface area contributed by atoms with Gasteiger partial charge < -0.3 is 5.11 Å². The van der Waals surface area contributed by atoms with Gasteiger partial charge in [0, 0.05) is 0 Å². The Morgan fingerprint density at radius 1 is 1.08 bits per heavy atom. The van der Waals surface area contributed by atoms with Crippen LogP contribution in [0.1, 0.15) is 80.1 Å². The lowest BCUT2D eigenvalue weighted by Gasteiger charge is -2.00. The van der Waals surface area contributed by atoms with Crippen molar-refractivity contribution in [1.82, 2.24) is 0 Å². The Bertz CT molecular complexity index is 639. The van der Waals surface area contributed by atoms with Gasteiger partial charge in [0.05, 0.1) is 5.56 Å². The van der Waals surface area contributed by atoms with Crippen molar-refractivity contribution in [3.63, 3.8) is 0 Å². The number of benzene rings is 1. The molecular weight excluding hydrogens is 320 g/mol. The predicted molar refractivity (Wildman–Crippen MR) is 110 cm³/mol.